The van der Waals surface area contributed by atoms with Gasteiger partial charge in [-0.05, 0) is 59.1 Å². The van der Waals surface area contributed by atoms with Crippen LogP contribution in [0.25, 0.3) is 0 Å². The minimum atomic E-state index is -1.40. The maximum atomic E-state index is 14.4. The zero-order valence-corrected chi connectivity index (χ0v) is 29.5. The number of esters is 1. The minimum absolute atomic E-state index is 0.135. The summed E-state index contributed by atoms with van der Waals surface area (Å²) in [5, 5.41) is 5.37. The lowest BCUT2D eigenvalue weighted by atomic mass is 9.99. The van der Waals surface area contributed by atoms with Crippen LogP contribution in [0.15, 0.2) is 60.7 Å². The van der Waals surface area contributed by atoms with E-state index < -0.39 is 65.5 Å². The minimum Gasteiger partial charge on any atom is -0.458 e. The number of ether oxygens (including phenoxy) is 2. The first-order valence-electron chi connectivity index (χ1n) is 16.7. The van der Waals surface area contributed by atoms with E-state index in [0.717, 1.165) is 31.2 Å². The molecule has 0 aliphatic heterocycles. The number of carbonyl (C=O) groups excluding carboxylic acids is 5. The van der Waals surface area contributed by atoms with Gasteiger partial charge in [0.25, 0.3) is 0 Å². The van der Waals surface area contributed by atoms with E-state index >= 15 is 0 Å². The van der Waals surface area contributed by atoms with Crippen molar-refractivity contribution in [2.24, 2.45) is 5.73 Å². The second kappa shape index (κ2) is 18.8. The molecule has 0 heterocycles. The molecular weight excluding hydrogens is 612 g/mol. The largest absolute Gasteiger partial charge is 0.458 e. The third-order valence-electron chi connectivity index (χ3n) is 7.15. The Bertz CT molecular complexity index is 1340. The predicted molar refractivity (Wildman–Crippen MR) is 185 cm³/mol. The molecule has 0 aliphatic rings. The molecule has 0 aromatic heterocycles. The Morgan fingerprint density at radius 1 is 0.750 bits per heavy atom. The number of rotatable bonds is 17. The van der Waals surface area contributed by atoms with Crippen LogP contribution in [0.4, 0.5) is 4.79 Å². The summed E-state index contributed by atoms with van der Waals surface area (Å²) >= 11 is 0. The lowest BCUT2D eigenvalue weighted by Crippen LogP contribution is -2.55. The van der Waals surface area contributed by atoms with E-state index in [4.69, 9.17) is 15.2 Å². The molecule has 0 spiro atoms. The molecule has 4 N–H and O–H groups in total. The maximum Gasteiger partial charge on any atom is 0.408 e. The molecule has 3 atom stereocenters. The first-order chi connectivity index (χ1) is 22.5. The molecule has 2 rings (SSSR count). The molecule has 3 unspecified atom stereocenters. The van der Waals surface area contributed by atoms with Gasteiger partial charge < -0.3 is 30.7 Å². The molecule has 0 fully saturated rings. The van der Waals surface area contributed by atoms with Crippen molar-refractivity contribution < 1.29 is 33.4 Å². The number of primary amides is 1. The van der Waals surface area contributed by atoms with Gasteiger partial charge in [-0.3, -0.25) is 14.4 Å². The number of benzene rings is 2. The van der Waals surface area contributed by atoms with Crippen LogP contribution in [0, 0.1) is 0 Å². The molecule has 0 saturated carbocycles. The number of nitrogens with zero attached hydrogens (tertiary/aromatic N) is 1. The molecule has 0 saturated heterocycles. The van der Waals surface area contributed by atoms with E-state index in [1.165, 1.54) is 4.90 Å². The van der Waals surface area contributed by atoms with Crippen molar-refractivity contribution >= 4 is 29.8 Å². The van der Waals surface area contributed by atoms with Gasteiger partial charge in [-0.25, -0.2) is 9.59 Å². The first-order valence-corrected chi connectivity index (χ1v) is 16.7. The molecule has 11 heteroatoms. The van der Waals surface area contributed by atoms with Crippen LogP contribution in [0.5, 0.6) is 0 Å². The Balaban J connectivity index is 2.59. The van der Waals surface area contributed by atoms with Crippen LogP contribution in [0.3, 0.4) is 0 Å². The number of unbranched alkanes of at least 4 members (excludes halogenated alkanes) is 4. The van der Waals surface area contributed by atoms with Gasteiger partial charge in [-0.2, -0.15) is 0 Å². The fraction of sp³-hybridized carbons (Fsp3) is 0.541. The highest BCUT2D eigenvalue weighted by Crippen LogP contribution is 2.25. The van der Waals surface area contributed by atoms with E-state index in [2.05, 4.69) is 17.6 Å². The lowest BCUT2D eigenvalue weighted by molar-refractivity contribution is -0.159. The van der Waals surface area contributed by atoms with E-state index in [0.29, 0.717) is 12.0 Å². The van der Waals surface area contributed by atoms with E-state index in [1.807, 2.05) is 30.3 Å². The van der Waals surface area contributed by atoms with Crippen molar-refractivity contribution in [3.63, 3.8) is 0 Å². The summed E-state index contributed by atoms with van der Waals surface area (Å²) in [5.41, 5.74) is 5.13. The average molecular weight is 667 g/mol. The normalized spacial score (nSPS) is 13.4. The highest BCUT2D eigenvalue weighted by atomic mass is 16.6. The van der Waals surface area contributed by atoms with Gasteiger partial charge in [-0.1, -0.05) is 93.3 Å². The maximum absolute atomic E-state index is 14.4. The number of hydrogen-bond acceptors (Lipinski definition) is 7. The molecule has 48 heavy (non-hydrogen) atoms. The highest BCUT2D eigenvalue weighted by molar-refractivity contribution is 5.95. The Labute approximate surface area is 285 Å². The van der Waals surface area contributed by atoms with Crippen molar-refractivity contribution in [1.82, 2.24) is 15.5 Å². The van der Waals surface area contributed by atoms with Crippen molar-refractivity contribution in [3.05, 3.63) is 71.8 Å². The number of nitrogens with one attached hydrogen (secondary N) is 2. The molecule has 0 aliphatic carbocycles. The van der Waals surface area contributed by atoms with Crippen LogP contribution in [0.2, 0.25) is 0 Å². The smallest absolute Gasteiger partial charge is 0.408 e. The van der Waals surface area contributed by atoms with Gasteiger partial charge in [0.05, 0.1) is 6.42 Å². The zero-order chi connectivity index (χ0) is 35.9. The molecule has 264 valence electrons. The summed E-state index contributed by atoms with van der Waals surface area (Å²) in [7, 11) is 0. The van der Waals surface area contributed by atoms with Crippen LogP contribution in [-0.2, 0) is 35.1 Å². The summed E-state index contributed by atoms with van der Waals surface area (Å²) in [6.07, 6.45) is 3.04. The van der Waals surface area contributed by atoms with Crippen molar-refractivity contribution in [2.75, 3.05) is 6.54 Å². The fourth-order valence-electron chi connectivity index (χ4n) is 5.08. The SMILES string of the molecule is CCCCCCCN(C(=O)C(CC(N)=O)NC(=O)OC(C)(C)C)C(C(=O)NC(Cc1ccccc1)C(=O)OC(C)(C)C)c1ccccc1. The van der Waals surface area contributed by atoms with Gasteiger partial charge >= 0.3 is 12.1 Å². The summed E-state index contributed by atoms with van der Waals surface area (Å²) in [6, 6.07) is 14.2. The monoisotopic (exact) mass is 666 g/mol. The van der Waals surface area contributed by atoms with Crippen LogP contribution < -0.4 is 16.4 Å². The third-order valence-corrected chi connectivity index (χ3v) is 7.15. The first kappa shape index (κ1) is 39.8. The van der Waals surface area contributed by atoms with E-state index in [9.17, 15) is 24.0 Å². The highest BCUT2D eigenvalue weighted by Gasteiger charge is 2.38. The van der Waals surface area contributed by atoms with Gasteiger partial charge in [-0.15, -0.1) is 0 Å². The summed E-state index contributed by atoms with van der Waals surface area (Å²) in [6.45, 7) is 12.5. The molecule has 2 aromatic carbocycles. The van der Waals surface area contributed by atoms with Crippen LogP contribution >= 0.6 is 0 Å². The number of carbonyl (C=O) groups is 5. The lowest BCUT2D eigenvalue weighted by Gasteiger charge is -2.35. The van der Waals surface area contributed by atoms with Crippen molar-refractivity contribution in [3.8, 4) is 0 Å². The molecule has 11 nitrogen and oxygen atoms in total. The molecular formula is C37H54N4O7. The summed E-state index contributed by atoms with van der Waals surface area (Å²) in [5.74, 6) is -2.75. The average Bonchev–Trinajstić information content (AvgIpc) is 2.98. The Morgan fingerprint density at radius 3 is 1.85 bits per heavy atom. The van der Waals surface area contributed by atoms with E-state index in [1.54, 1.807) is 71.9 Å². The molecule has 0 radical (unpaired) electrons. The fourth-order valence-corrected chi connectivity index (χ4v) is 5.08. The van der Waals surface area contributed by atoms with Crippen LogP contribution in [0.1, 0.15) is 104 Å². The Morgan fingerprint density at radius 2 is 1.31 bits per heavy atom. The molecule has 2 aromatic rings. The number of nitrogens with two attached hydrogens (primary N) is 1. The van der Waals surface area contributed by atoms with Crippen LogP contribution in [-0.4, -0.2) is 64.5 Å². The van der Waals surface area contributed by atoms with Gasteiger partial charge in [0.1, 0.15) is 29.3 Å². The number of alkyl carbamates (subject to hydrolysis) is 1. The summed E-state index contributed by atoms with van der Waals surface area (Å²) in [4.78, 5) is 68.6. The molecule has 0 bridgehead atoms. The standard InChI is InChI=1S/C37H54N4O7/c1-8-9-10-11-18-23-41(33(44)28(25-30(38)42)40-35(46)48-37(5,6)7)31(27-21-16-13-17-22-27)32(43)39-29(34(45)47-36(2,3)4)24-26-19-14-12-15-20-26/h12-17,19-22,28-29,31H,8-11,18,23-25H2,1-7H3,(H2,38,42)(H,39,43)(H,40,46). The van der Waals surface area contributed by atoms with Gasteiger partial charge in [0.15, 0.2) is 0 Å². The van der Waals surface area contributed by atoms with Crippen molar-refractivity contribution in [1.29, 1.82) is 0 Å². The van der Waals surface area contributed by atoms with Gasteiger partial charge in [0, 0.05) is 13.0 Å². The zero-order valence-electron chi connectivity index (χ0n) is 29.5. The third kappa shape index (κ3) is 14.6. The molecule has 4 amide bonds. The van der Waals surface area contributed by atoms with Crippen molar-refractivity contribution in [2.45, 2.75) is 123 Å². The number of amides is 4. The van der Waals surface area contributed by atoms with Gasteiger partial charge in [0.2, 0.25) is 17.7 Å². The summed E-state index contributed by atoms with van der Waals surface area (Å²) < 4.78 is 11.1. The Hall–Kier alpha value is -4.41. The van der Waals surface area contributed by atoms with E-state index in [-0.39, 0.29) is 13.0 Å². The number of hydrogen-bond donors (Lipinski definition) is 3. The predicted octanol–water partition coefficient (Wildman–Crippen LogP) is 5.36. The quantitative estimate of drug-likeness (QED) is 0.151. The second-order valence-corrected chi connectivity index (χ2v) is 13.9. The topological polar surface area (TPSA) is 157 Å². The second-order valence-electron chi connectivity index (χ2n) is 13.9. The Kier molecular flexibility index (Phi) is 15.6.